The summed E-state index contributed by atoms with van der Waals surface area (Å²) in [7, 11) is 1.59. The second-order valence-corrected chi connectivity index (χ2v) is 4.53. The number of aromatic nitrogens is 3. The predicted octanol–water partition coefficient (Wildman–Crippen LogP) is 1.23. The quantitative estimate of drug-likeness (QED) is 0.800. The van der Waals surface area contributed by atoms with E-state index in [2.05, 4.69) is 21.0 Å². The molecular formula is C11H10BrN3O2. The van der Waals surface area contributed by atoms with Gasteiger partial charge in [-0.2, -0.15) is 5.10 Å². The van der Waals surface area contributed by atoms with E-state index in [4.69, 9.17) is 0 Å². The van der Waals surface area contributed by atoms with E-state index in [-0.39, 0.29) is 18.0 Å². The number of ketones is 1. The highest BCUT2D eigenvalue weighted by molar-refractivity contribution is 9.10. The molecule has 0 N–H and O–H groups in total. The Hall–Kier alpha value is -1.69. The Labute approximate surface area is 106 Å². The number of nitrogens with zero attached hydrogens (tertiary/aromatic N) is 3. The van der Waals surface area contributed by atoms with Crippen molar-refractivity contribution in [3.05, 3.63) is 51.1 Å². The second-order valence-electron chi connectivity index (χ2n) is 3.61. The van der Waals surface area contributed by atoms with E-state index >= 15 is 0 Å². The largest absolute Gasteiger partial charge is 0.345 e. The number of rotatable bonds is 3. The predicted molar refractivity (Wildman–Crippen MR) is 65.9 cm³/mol. The third-order valence-electron chi connectivity index (χ3n) is 2.35. The van der Waals surface area contributed by atoms with Gasteiger partial charge in [-0.3, -0.25) is 9.36 Å². The van der Waals surface area contributed by atoms with E-state index in [1.54, 1.807) is 31.3 Å². The molecule has 0 fully saturated rings. The number of hydrogen-bond acceptors (Lipinski definition) is 3. The van der Waals surface area contributed by atoms with Gasteiger partial charge in [0.05, 0.1) is 0 Å². The second kappa shape index (κ2) is 4.67. The number of carbonyl (C=O) groups excluding carboxylic acids is 1. The summed E-state index contributed by atoms with van der Waals surface area (Å²) in [6.07, 6.45) is 1.39. The first-order valence-corrected chi connectivity index (χ1v) is 5.74. The lowest BCUT2D eigenvalue weighted by molar-refractivity contribution is 0.0966. The molecule has 88 valence electrons. The van der Waals surface area contributed by atoms with Crippen LogP contribution in [0.3, 0.4) is 0 Å². The molecule has 0 aliphatic carbocycles. The summed E-state index contributed by atoms with van der Waals surface area (Å²) in [5.74, 6) is -0.140. The Balaban J connectivity index is 2.20. The molecule has 5 nitrogen and oxygen atoms in total. The first-order valence-electron chi connectivity index (χ1n) is 4.95. The minimum Gasteiger partial charge on any atom is -0.292 e. The van der Waals surface area contributed by atoms with Crippen LogP contribution in [-0.4, -0.2) is 20.1 Å². The molecule has 1 aromatic carbocycles. The molecule has 0 spiro atoms. The van der Waals surface area contributed by atoms with Crippen LogP contribution < -0.4 is 5.69 Å². The summed E-state index contributed by atoms with van der Waals surface area (Å²) in [6, 6.07) is 6.99. The van der Waals surface area contributed by atoms with Gasteiger partial charge in [-0.05, 0) is 12.1 Å². The Kier molecular flexibility index (Phi) is 3.23. The number of Topliss-reactive ketones (excluding diaryl/α,β-unsaturated/α-hetero) is 1. The lowest BCUT2D eigenvalue weighted by atomic mass is 10.1. The molecule has 0 aliphatic heterocycles. The van der Waals surface area contributed by atoms with E-state index in [1.165, 1.54) is 10.9 Å². The van der Waals surface area contributed by atoms with E-state index in [9.17, 15) is 9.59 Å². The smallest absolute Gasteiger partial charge is 0.292 e. The van der Waals surface area contributed by atoms with Gasteiger partial charge in [0.25, 0.3) is 0 Å². The summed E-state index contributed by atoms with van der Waals surface area (Å²) < 4.78 is 3.38. The lowest BCUT2D eigenvalue weighted by Gasteiger charge is -2.00. The molecule has 0 atom stereocenters. The third-order valence-corrected chi connectivity index (χ3v) is 2.87. The van der Waals surface area contributed by atoms with Crippen LogP contribution in [0.4, 0.5) is 0 Å². The molecule has 0 amide bonds. The average molecular weight is 296 g/mol. The highest BCUT2D eigenvalue weighted by atomic mass is 79.9. The molecule has 17 heavy (non-hydrogen) atoms. The number of carbonyl (C=O) groups is 1. The molecule has 0 aliphatic rings. The van der Waals surface area contributed by atoms with Crippen LogP contribution in [0, 0.1) is 0 Å². The standard InChI is InChI=1S/C11H10BrN3O2/c1-14-7-13-15(11(14)17)6-10(16)8-2-4-9(12)5-3-8/h2-5,7H,6H2,1H3. The highest BCUT2D eigenvalue weighted by Crippen LogP contribution is 2.11. The zero-order chi connectivity index (χ0) is 12.4. The molecular weight excluding hydrogens is 286 g/mol. The van der Waals surface area contributed by atoms with Crippen LogP contribution in [0.5, 0.6) is 0 Å². The fourth-order valence-electron chi connectivity index (χ4n) is 1.39. The fraction of sp³-hybridized carbons (Fsp3) is 0.182. The van der Waals surface area contributed by atoms with Crippen molar-refractivity contribution in [1.29, 1.82) is 0 Å². The molecule has 6 heteroatoms. The van der Waals surface area contributed by atoms with Gasteiger partial charge in [-0.1, -0.05) is 28.1 Å². The summed E-state index contributed by atoms with van der Waals surface area (Å²) in [6.45, 7) is -0.0404. The van der Waals surface area contributed by atoms with Gasteiger partial charge in [0.15, 0.2) is 5.78 Å². The highest BCUT2D eigenvalue weighted by Gasteiger charge is 2.09. The molecule has 0 unspecified atom stereocenters. The number of aryl methyl sites for hydroxylation is 1. The SMILES string of the molecule is Cn1cnn(CC(=O)c2ccc(Br)cc2)c1=O. The average Bonchev–Trinajstić information content (AvgIpc) is 2.62. The van der Waals surface area contributed by atoms with Crippen LogP contribution in [-0.2, 0) is 13.6 Å². The van der Waals surface area contributed by atoms with Gasteiger partial charge in [-0.15, -0.1) is 0 Å². The summed E-state index contributed by atoms with van der Waals surface area (Å²) in [5.41, 5.74) is 0.265. The van der Waals surface area contributed by atoms with Crippen LogP contribution >= 0.6 is 15.9 Å². The van der Waals surface area contributed by atoms with Crippen molar-refractivity contribution in [3.63, 3.8) is 0 Å². The molecule has 0 bridgehead atoms. The number of hydrogen-bond donors (Lipinski definition) is 0. The van der Waals surface area contributed by atoms with Gasteiger partial charge in [0, 0.05) is 17.1 Å². The zero-order valence-corrected chi connectivity index (χ0v) is 10.7. The van der Waals surface area contributed by atoms with E-state index in [0.29, 0.717) is 5.56 Å². The summed E-state index contributed by atoms with van der Waals surface area (Å²) in [5, 5.41) is 3.84. The van der Waals surface area contributed by atoms with Crippen molar-refractivity contribution in [2.45, 2.75) is 6.54 Å². The zero-order valence-electron chi connectivity index (χ0n) is 9.13. The monoisotopic (exact) mass is 295 g/mol. The van der Waals surface area contributed by atoms with Crippen molar-refractivity contribution in [1.82, 2.24) is 14.3 Å². The fourth-order valence-corrected chi connectivity index (χ4v) is 1.66. The summed E-state index contributed by atoms with van der Waals surface area (Å²) in [4.78, 5) is 23.4. The molecule has 1 aromatic heterocycles. The minimum atomic E-state index is -0.296. The maximum atomic E-state index is 11.9. The number of halogens is 1. The molecule has 2 aromatic rings. The molecule has 0 saturated heterocycles. The van der Waals surface area contributed by atoms with Crippen LogP contribution in [0.1, 0.15) is 10.4 Å². The van der Waals surface area contributed by atoms with Crippen LogP contribution in [0.25, 0.3) is 0 Å². The van der Waals surface area contributed by atoms with Gasteiger partial charge >= 0.3 is 5.69 Å². The third kappa shape index (κ3) is 2.52. The van der Waals surface area contributed by atoms with Gasteiger partial charge in [0.2, 0.25) is 0 Å². The molecule has 1 heterocycles. The van der Waals surface area contributed by atoms with Gasteiger partial charge in [-0.25, -0.2) is 9.48 Å². The Morgan fingerprint density at radius 3 is 2.53 bits per heavy atom. The topological polar surface area (TPSA) is 56.9 Å². The molecule has 0 radical (unpaired) electrons. The summed E-state index contributed by atoms with van der Waals surface area (Å²) >= 11 is 3.29. The lowest BCUT2D eigenvalue weighted by Crippen LogP contribution is -2.26. The first kappa shape index (κ1) is 11.8. The maximum absolute atomic E-state index is 11.9. The van der Waals surface area contributed by atoms with E-state index in [0.717, 1.165) is 9.15 Å². The maximum Gasteiger partial charge on any atom is 0.345 e. The molecule has 2 rings (SSSR count). The van der Waals surface area contributed by atoms with Crippen molar-refractivity contribution in [2.24, 2.45) is 7.05 Å². The van der Waals surface area contributed by atoms with Crippen LogP contribution in [0.15, 0.2) is 39.9 Å². The first-order chi connectivity index (χ1) is 8.08. The minimum absolute atomic E-state index is 0.0404. The Morgan fingerprint density at radius 1 is 1.35 bits per heavy atom. The normalized spacial score (nSPS) is 10.5. The van der Waals surface area contributed by atoms with Crippen molar-refractivity contribution >= 4 is 21.7 Å². The van der Waals surface area contributed by atoms with Crippen molar-refractivity contribution < 1.29 is 4.79 Å². The Morgan fingerprint density at radius 2 is 2.00 bits per heavy atom. The Bertz CT molecular complexity index is 598. The van der Waals surface area contributed by atoms with E-state index in [1.807, 2.05) is 0 Å². The van der Waals surface area contributed by atoms with Crippen molar-refractivity contribution in [2.75, 3.05) is 0 Å². The van der Waals surface area contributed by atoms with Gasteiger partial charge < -0.3 is 0 Å². The number of benzene rings is 1. The van der Waals surface area contributed by atoms with Gasteiger partial charge in [0.1, 0.15) is 12.9 Å². The van der Waals surface area contributed by atoms with Crippen molar-refractivity contribution in [3.8, 4) is 0 Å². The van der Waals surface area contributed by atoms with Crippen LogP contribution in [0.2, 0.25) is 0 Å². The molecule has 0 saturated carbocycles. The van der Waals surface area contributed by atoms with E-state index < -0.39 is 0 Å².